The molecule has 0 aliphatic carbocycles. The van der Waals surface area contributed by atoms with Crippen molar-refractivity contribution >= 4 is 63.0 Å². The molecule has 0 radical (unpaired) electrons. The Hall–Kier alpha value is -3.08. The van der Waals surface area contributed by atoms with E-state index in [0.717, 1.165) is 11.8 Å². The molecule has 10 heteroatoms. The minimum atomic E-state index is -0.446. The van der Waals surface area contributed by atoms with Gasteiger partial charge in [-0.3, -0.25) is 24.2 Å². The number of ether oxygens (including phenoxy) is 1. The zero-order valence-electron chi connectivity index (χ0n) is 17.7. The number of nitrogens with zero attached hydrogens (tertiary/aromatic N) is 2. The summed E-state index contributed by atoms with van der Waals surface area (Å²) in [5.41, 5.74) is 1.77. The lowest BCUT2D eigenvalue weighted by molar-refractivity contribution is -0.122. The van der Waals surface area contributed by atoms with Crippen molar-refractivity contribution < 1.29 is 23.5 Å². The fourth-order valence-corrected chi connectivity index (χ4v) is 5.02. The molecule has 170 valence electrons. The predicted octanol–water partition coefficient (Wildman–Crippen LogP) is 3.42. The highest BCUT2D eigenvalue weighted by Gasteiger charge is 2.42. The average molecular weight is 486 g/mol. The van der Waals surface area contributed by atoms with E-state index in [1.807, 2.05) is 0 Å². The second-order valence-corrected chi connectivity index (χ2v) is 8.98. The predicted molar refractivity (Wildman–Crippen MR) is 129 cm³/mol. The van der Waals surface area contributed by atoms with E-state index in [1.165, 1.54) is 34.1 Å². The minimum Gasteiger partial charge on any atom is -0.385 e. The van der Waals surface area contributed by atoms with Crippen molar-refractivity contribution in [1.82, 2.24) is 4.90 Å². The van der Waals surface area contributed by atoms with Gasteiger partial charge in [0.15, 0.2) is 0 Å². The maximum Gasteiger partial charge on any atom is 0.267 e. The van der Waals surface area contributed by atoms with E-state index >= 15 is 0 Å². The molecule has 1 saturated heterocycles. The quantitative estimate of drug-likeness (QED) is 0.368. The maximum absolute atomic E-state index is 13.4. The molecule has 1 fully saturated rings. The number of rotatable bonds is 7. The van der Waals surface area contributed by atoms with Gasteiger partial charge in [0.2, 0.25) is 5.91 Å². The van der Waals surface area contributed by atoms with Crippen LogP contribution in [-0.4, -0.2) is 53.7 Å². The van der Waals surface area contributed by atoms with Gasteiger partial charge in [0.25, 0.3) is 11.8 Å². The van der Waals surface area contributed by atoms with Crippen LogP contribution in [0.5, 0.6) is 0 Å². The summed E-state index contributed by atoms with van der Waals surface area (Å²) in [4.78, 5) is 42.2. The van der Waals surface area contributed by atoms with Crippen molar-refractivity contribution in [2.45, 2.75) is 6.42 Å². The third kappa shape index (κ3) is 4.68. The van der Waals surface area contributed by atoms with E-state index in [0.29, 0.717) is 40.8 Å². The van der Waals surface area contributed by atoms with Gasteiger partial charge in [-0.05, 0) is 36.8 Å². The summed E-state index contributed by atoms with van der Waals surface area (Å²) in [6.07, 6.45) is 0.617. The molecule has 0 spiro atoms. The largest absolute Gasteiger partial charge is 0.385 e. The summed E-state index contributed by atoms with van der Waals surface area (Å²) in [7, 11) is 1.58. The molecular formula is C23H20FN3O4S2. The zero-order valence-corrected chi connectivity index (χ0v) is 19.3. The monoisotopic (exact) mass is 485 g/mol. The van der Waals surface area contributed by atoms with Crippen molar-refractivity contribution in [2.24, 2.45) is 0 Å². The lowest BCUT2D eigenvalue weighted by atomic mass is 10.1. The fourth-order valence-electron chi connectivity index (χ4n) is 3.64. The standard InChI is InChI=1S/C23H20FN3O4S2/c1-31-12-4-11-26-22(30)20(33-23(26)32)19-16-5-2-3-6-17(16)27(21(19)29)13-18(28)25-15-9-7-14(24)8-10-15/h2-3,5-10H,4,11-13H2,1H3,(H,25,28)/b20-19-. The highest BCUT2D eigenvalue weighted by atomic mass is 32.2. The summed E-state index contributed by atoms with van der Waals surface area (Å²) in [6.45, 7) is 0.626. The molecule has 2 aliphatic heterocycles. The lowest BCUT2D eigenvalue weighted by Gasteiger charge is -2.17. The van der Waals surface area contributed by atoms with Gasteiger partial charge in [0.05, 0.1) is 16.2 Å². The molecule has 0 bridgehead atoms. The van der Waals surface area contributed by atoms with Crippen molar-refractivity contribution in [3.63, 3.8) is 0 Å². The molecule has 1 N–H and O–H groups in total. The van der Waals surface area contributed by atoms with Crippen molar-refractivity contribution in [2.75, 3.05) is 37.0 Å². The Bertz CT molecular complexity index is 1170. The topological polar surface area (TPSA) is 79.0 Å². The van der Waals surface area contributed by atoms with Crippen LogP contribution >= 0.6 is 24.0 Å². The number of fused-ring (bicyclic) bond motifs is 1. The first-order chi connectivity index (χ1) is 15.9. The SMILES string of the molecule is COCCCN1C(=O)/C(=C2/C(=O)N(CC(=O)Nc3ccc(F)cc3)c3ccccc32)SC1=S. The molecule has 0 unspecified atom stereocenters. The number of carbonyl (C=O) groups is 3. The van der Waals surface area contributed by atoms with E-state index in [2.05, 4.69) is 5.32 Å². The molecule has 2 heterocycles. The molecule has 3 amide bonds. The van der Waals surface area contributed by atoms with E-state index in [9.17, 15) is 18.8 Å². The number of thiocarbonyl (C=S) groups is 1. The Morgan fingerprint density at radius 3 is 2.55 bits per heavy atom. The molecule has 4 rings (SSSR count). The summed E-state index contributed by atoms with van der Waals surface area (Å²) in [6, 6.07) is 12.4. The van der Waals surface area contributed by atoms with Crippen LogP contribution < -0.4 is 10.2 Å². The first kappa shape index (κ1) is 23.1. The van der Waals surface area contributed by atoms with Crippen LogP contribution in [0.4, 0.5) is 15.8 Å². The molecule has 2 aromatic carbocycles. The Labute approximate surface area is 199 Å². The number of benzene rings is 2. The Balaban J connectivity index is 1.59. The number of thioether (sulfide) groups is 1. The Morgan fingerprint density at radius 2 is 1.82 bits per heavy atom. The third-order valence-electron chi connectivity index (χ3n) is 5.16. The highest BCUT2D eigenvalue weighted by Crippen LogP contribution is 2.44. The molecule has 0 saturated carbocycles. The molecule has 0 aromatic heterocycles. The van der Waals surface area contributed by atoms with Crippen molar-refractivity contribution in [1.29, 1.82) is 0 Å². The summed E-state index contributed by atoms with van der Waals surface area (Å²) >= 11 is 6.47. The van der Waals surface area contributed by atoms with Crippen LogP contribution in [0.1, 0.15) is 12.0 Å². The third-order valence-corrected chi connectivity index (χ3v) is 6.61. The van der Waals surface area contributed by atoms with Gasteiger partial charge in [-0.1, -0.05) is 42.2 Å². The Kier molecular flexibility index (Phi) is 6.87. The number of nitrogens with one attached hydrogen (secondary N) is 1. The first-order valence-electron chi connectivity index (χ1n) is 10.1. The smallest absolute Gasteiger partial charge is 0.267 e. The van der Waals surface area contributed by atoms with Crippen LogP contribution in [0.3, 0.4) is 0 Å². The van der Waals surface area contributed by atoms with Crippen molar-refractivity contribution in [3.05, 3.63) is 64.8 Å². The van der Waals surface area contributed by atoms with E-state index in [-0.39, 0.29) is 22.9 Å². The number of methoxy groups -OCH3 is 1. The van der Waals surface area contributed by atoms with Gasteiger partial charge in [-0.15, -0.1) is 0 Å². The first-order valence-corrected chi connectivity index (χ1v) is 11.4. The van der Waals surface area contributed by atoms with E-state index in [1.54, 1.807) is 31.4 Å². The molecule has 7 nitrogen and oxygen atoms in total. The maximum atomic E-state index is 13.4. The second-order valence-electron chi connectivity index (χ2n) is 7.34. The molecule has 2 aliphatic rings. The van der Waals surface area contributed by atoms with Gasteiger partial charge < -0.3 is 10.1 Å². The fraction of sp³-hybridized carbons (Fsp3) is 0.217. The van der Waals surface area contributed by atoms with Crippen LogP contribution in [0.15, 0.2) is 53.4 Å². The number of hydrogen-bond acceptors (Lipinski definition) is 6. The van der Waals surface area contributed by atoms with Gasteiger partial charge in [-0.2, -0.15) is 0 Å². The van der Waals surface area contributed by atoms with Crippen molar-refractivity contribution in [3.8, 4) is 0 Å². The Morgan fingerprint density at radius 1 is 1.09 bits per heavy atom. The summed E-state index contributed by atoms with van der Waals surface area (Å²) in [5.74, 6) is -1.63. The van der Waals surface area contributed by atoms with Gasteiger partial charge in [0, 0.05) is 31.5 Å². The number of carbonyl (C=O) groups excluding carboxylic acids is 3. The number of anilines is 2. The van der Waals surface area contributed by atoms with Crippen LogP contribution in [-0.2, 0) is 19.1 Å². The van der Waals surface area contributed by atoms with Gasteiger partial charge in [-0.25, -0.2) is 4.39 Å². The van der Waals surface area contributed by atoms with E-state index < -0.39 is 17.6 Å². The van der Waals surface area contributed by atoms with Crippen LogP contribution in [0.25, 0.3) is 5.57 Å². The van der Waals surface area contributed by atoms with Crippen LogP contribution in [0, 0.1) is 5.82 Å². The zero-order chi connectivity index (χ0) is 23.5. The number of halogens is 1. The number of hydrogen-bond donors (Lipinski definition) is 1. The average Bonchev–Trinajstić information content (AvgIpc) is 3.23. The van der Waals surface area contributed by atoms with E-state index in [4.69, 9.17) is 17.0 Å². The normalized spacial score (nSPS) is 17.7. The number of para-hydroxylation sites is 1. The second kappa shape index (κ2) is 9.82. The van der Waals surface area contributed by atoms with Gasteiger partial charge >= 0.3 is 0 Å². The molecule has 2 aromatic rings. The molecular weight excluding hydrogens is 465 g/mol. The lowest BCUT2D eigenvalue weighted by Crippen LogP contribution is -2.35. The number of amides is 3. The molecule has 33 heavy (non-hydrogen) atoms. The minimum absolute atomic E-state index is 0.242. The van der Waals surface area contributed by atoms with Gasteiger partial charge in [0.1, 0.15) is 16.7 Å². The van der Waals surface area contributed by atoms with Crippen LogP contribution in [0.2, 0.25) is 0 Å². The summed E-state index contributed by atoms with van der Waals surface area (Å²) < 4.78 is 18.5. The molecule has 0 atom stereocenters. The summed E-state index contributed by atoms with van der Waals surface area (Å²) in [5, 5.41) is 2.65. The highest BCUT2D eigenvalue weighted by molar-refractivity contribution is 8.26.